The van der Waals surface area contributed by atoms with Crippen molar-refractivity contribution in [1.29, 1.82) is 0 Å². The minimum Gasteiger partial charge on any atom is -0.307 e. The third-order valence-corrected chi connectivity index (χ3v) is 7.09. The molecule has 31 heavy (non-hydrogen) atoms. The zero-order chi connectivity index (χ0) is 21.5. The van der Waals surface area contributed by atoms with E-state index in [0.29, 0.717) is 17.7 Å². The zero-order valence-corrected chi connectivity index (χ0v) is 18.3. The maximum Gasteiger partial charge on any atom is 0.258 e. The number of hydrogen-bond donors (Lipinski definition) is 0. The molecule has 3 aromatic carbocycles. The average molecular weight is 428 g/mol. The molecule has 1 aliphatic rings. The maximum atomic E-state index is 14.6. The first kappa shape index (κ1) is 19.7. The molecular weight excluding hydrogens is 405 g/mol. The first-order valence-electron chi connectivity index (χ1n) is 10.4. The highest BCUT2D eigenvalue weighted by Gasteiger charge is 2.27. The molecule has 0 fully saturated rings. The van der Waals surface area contributed by atoms with E-state index in [4.69, 9.17) is 0 Å². The fourth-order valence-electron chi connectivity index (χ4n) is 4.23. The normalized spacial score (nSPS) is 12.8. The van der Waals surface area contributed by atoms with Gasteiger partial charge >= 0.3 is 0 Å². The van der Waals surface area contributed by atoms with Crippen LogP contribution in [0, 0.1) is 19.7 Å². The number of anilines is 1. The van der Waals surface area contributed by atoms with Gasteiger partial charge in [0.15, 0.2) is 0 Å². The van der Waals surface area contributed by atoms with Gasteiger partial charge in [-0.1, -0.05) is 48.0 Å². The van der Waals surface area contributed by atoms with Gasteiger partial charge in [0.05, 0.1) is 5.69 Å². The van der Waals surface area contributed by atoms with Crippen molar-refractivity contribution in [2.45, 2.75) is 20.3 Å². The lowest BCUT2D eigenvalue weighted by Gasteiger charge is -2.23. The van der Waals surface area contributed by atoms with Crippen LogP contribution in [-0.2, 0) is 6.42 Å². The Kier molecular flexibility index (Phi) is 4.95. The number of halogens is 1. The standard InChI is InChI=1S/C27H22FNOS/c1-17-10-12-19(13-11-17)27(30)29-15-14-20-16-24(25-18(2)6-5-8-22(25)28)31-26(20)21-7-3-4-9-23(21)29/h3-13,16H,14-15H2,1-2H3. The third-order valence-electron chi connectivity index (χ3n) is 5.87. The van der Waals surface area contributed by atoms with E-state index in [1.165, 1.54) is 6.07 Å². The molecule has 1 aliphatic heterocycles. The molecule has 0 bridgehead atoms. The summed E-state index contributed by atoms with van der Waals surface area (Å²) in [7, 11) is 0. The molecule has 4 aromatic rings. The highest BCUT2D eigenvalue weighted by Crippen LogP contribution is 2.45. The van der Waals surface area contributed by atoms with Gasteiger partial charge in [-0.2, -0.15) is 0 Å². The van der Waals surface area contributed by atoms with Gasteiger partial charge < -0.3 is 4.90 Å². The molecule has 0 spiro atoms. The van der Waals surface area contributed by atoms with Gasteiger partial charge in [-0.15, -0.1) is 11.3 Å². The van der Waals surface area contributed by atoms with Gasteiger partial charge in [-0.25, -0.2) is 4.39 Å². The molecule has 2 nitrogen and oxygen atoms in total. The summed E-state index contributed by atoms with van der Waals surface area (Å²) in [6, 6.07) is 23.0. The van der Waals surface area contributed by atoms with Crippen molar-refractivity contribution in [3.63, 3.8) is 0 Å². The predicted molar refractivity (Wildman–Crippen MR) is 126 cm³/mol. The molecule has 0 aliphatic carbocycles. The van der Waals surface area contributed by atoms with Gasteiger partial charge in [-0.05, 0) is 61.7 Å². The zero-order valence-electron chi connectivity index (χ0n) is 17.5. The number of fused-ring (bicyclic) bond motifs is 3. The van der Waals surface area contributed by atoms with Crippen molar-refractivity contribution in [2.24, 2.45) is 0 Å². The number of hydrogen-bond acceptors (Lipinski definition) is 2. The van der Waals surface area contributed by atoms with E-state index in [1.54, 1.807) is 17.4 Å². The summed E-state index contributed by atoms with van der Waals surface area (Å²) in [6.45, 7) is 4.55. The number of benzene rings is 3. The second-order valence-electron chi connectivity index (χ2n) is 7.99. The number of aryl methyl sites for hydroxylation is 2. The second kappa shape index (κ2) is 7.78. The van der Waals surface area contributed by atoms with Crippen LogP contribution >= 0.6 is 11.3 Å². The number of para-hydroxylation sites is 1. The fourth-order valence-corrected chi connectivity index (χ4v) is 5.58. The summed E-state index contributed by atoms with van der Waals surface area (Å²) in [6.07, 6.45) is 0.728. The van der Waals surface area contributed by atoms with Crippen molar-refractivity contribution < 1.29 is 9.18 Å². The Bertz CT molecular complexity index is 1270. The largest absolute Gasteiger partial charge is 0.307 e. The molecule has 2 heterocycles. The van der Waals surface area contributed by atoms with E-state index < -0.39 is 0 Å². The smallest absolute Gasteiger partial charge is 0.258 e. The van der Waals surface area contributed by atoms with Crippen LogP contribution in [0.2, 0.25) is 0 Å². The summed E-state index contributed by atoms with van der Waals surface area (Å²) < 4.78 is 14.6. The molecule has 154 valence electrons. The van der Waals surface area contributed by atoms with Crippen LogP contribution < -0.4 is 4.90 Å². The summed E-state index contributed by atoms with van der Waals surface area (Å²) in [4.78, 5) is 17.3. The van der Waals surface area contributed by atoms with Crippen LogP contribution in [0.15, 0.2) is 72.8 Å². The van der Waals surface area contributed by atoms with Crippen LogP contribution in [0.5, 0.6) is 0 Å². The minimum absolute atomic E-state index is 0.00720. The van der Waals surface area contributed by atoms with E-state index in [2.05, 4.69) is 12.1 Å². The third kappa shape index (κ3) is 3.47. The Balaban J connectivity index is 1.60. The number of carbonyl (C=O) groups excluding carboxylic acids is 1. The first-order valence-corrected chi connectivity index (χ1v) is 11.2. The number of nitrogens with zero attached hydrogens (tertiary/aromatic N) is 1. The molecular formula is C27H22FNOS. The maximum absolute atomic E-state index is 14.6. The minimum atomic E-state index is -0.194. The first-order chi connectivity index (χ1) is 15.0. The molecule has 1 amide bonds. The molecule has 0 unspecified atom stereocenters. The van der Waals surface area contributed by atoms with Crippen molar-refractivity contribution >= 4 is 22.9 Å². The second-order valence-corrected chi connectivity index (χ2v) is 9.04. The molecule has 4 heteroatoms. The summed E-state index contributed by atoms with van der Waals surface area (Å²) >= 11 is 1.61. The molecule has 0 radical (unpaired) electrons. The van der Waals surface area contributed by atoms with E-state index >= 15 is 0 Å². The summed E-state index contributed by atoms with van der Waals surface area (Å²) in [5, 5.41) is 0. The quantitative estimate of drug-likeness (QED) is 0.336. The lowest BCUT2D eigenvalue weighted by molar-refractivity contribution is 0.0987. The summed E-state index contributed by atoms with van der Waals surface area (Å²) in [5.41, 5.74) is 6.52. The monoisotopic (exact) mass is 427 g/mol. The average Bonchev–Trinajstić information content (AvgIpc) is 3.11. The summed E-state index contributed by atoms with van der Waals surface area (Å²) in [5.74, 6) is -0.186. The van der Waals surface area contributed by atoms with Crippen molar-refractivity contribution in [3.05, 3.63) is 101 Å². The molecule has 0 saturated carbocycles. The molecule has 0 atom stereocenters. The molecule has 1 aromatic heterocycles. The van der Waals surface area contributed by atoms with E-state index in [9.17, 15) is 9.18 Å². The Morgan fingerprint density at radius 2 is 1.74 bits per heavy atom. The van der Waals surface area contributed by atoms with E-state index in [0.717, 1.165) is 44.1 Å². The molecule has 0 saturated heterocycles. The van der Waals surface area contributed by atoms with Gasteiger partial charge in [0.2, 0.25) is 0 Å². The number of amides is 1. The predicted octanol–water partition coefficient (Wildman–Crippen LogP) is 7.04. The Hall–Kier alpha value is -3.24. The van der Waals surface area contributed by atoms with Crippen LogP contribution in [-0.4, -0.2) is 12.5 Å². The van der Waals surface area contributed by atoms with Crippen molar-refractivity contribution in [1.82, 2.24) is 0 Å². The number of thiophene rings is 1. The van der Waals surface area contributed by atoms with Gasteiger partial charge in [0.25, 0.3) is 5.91 Å². The Morgan fingerprint density at radius 1 is 0.968 bits per heavy atom. The topological polar surface area (TPSA) is 20.3 Å². The van der Waals surface area contributed by atoms with Gasteiger partial charge in [-0.3, -0.25) is 4.79 Å². The van der Waals surface area contributed by atoms with Crippen LogP contribution in [0.3, 0.4) is 0 Å². The fraction of sp³-hybridized carbons (Fsp3) is 0.148. The highest BCUT2D eigenvalue weighted by atomic mass is 32.1. The van der Waals surface area contributed by atoms with Crippen LogP contribution in [0.25, 0.3) is 20.9 Å². The lowest BCUT2D eigenvalue weighted by Crippen LogP contribution is -2.32. The van der Waals surface area contributed by atoms with E-state index in [1.807, 2.05) is 67.3 Å². The lowest BCUT2D eigenvalue weighted by atomic mass is 10.0. The highest BCUT2D eigenvalue weighted by molar-refractivity contribution is 7.19. The van der Waals surface area contributed by atoms with Crippen LogP contribution in [0.4, 0.5) is 10.1 Å². The van der Waals surface area contributed by atoms with Gasteiger partial charge in [0, 0.05) is 33.0 Å². The van der Waals surface area contributed by atoms with Crippen LogP contribution in [0.1, 0.15) is 27.0 Å². The van der Waals surface area contributed by atoms with Crippen molar-refractivity contribution in [3.8, 4) is 20.9 Å². The van der Waals surface area contributed by atoms with Gasteiger partial charge in [0.1, 0.15) is 5.82 Å². The van der Waals surface area contributed by atoms with Crippen molar-refractivity contribution in [2.75, 3.05) is 11.4 Å². The molecule has 0 N–H and O–H groups in total. The molecule has 5 rings (SSSR count). The number of rotatable bonds is 2. The Morgan fingerprint density at radius 3 is 2.52 bits per heavy atom. The SMILES string of the molecule is Cc1ccc(C(=O)N2CCc3cc(-c4c(C)cccc4F)sc3-c3ccccc32)cc1. The number of carbonyl (C=O) groups is 1. The van der Waals surface area contributed by atoms with E-state index in [-0.39, 0.29) is 11.7 Å². The Labute approximate surface area is 185 Å².